The van der Waals surface area contributed by atoms with Crippen molar-refractivity contribution < 1.29 is 9.47 Å². The van der Waals surface area contributed by atoms with Crippen molar-refractivity contribution >= 4 is 81.9 Å². The van der Waals surface area contributed by atoms with Gasteiger partial charge in [-0.15, -0.1) is 12.4 Å². The molecule has 0 N–H and O–H groups in total. The monoisotopic (exact) mass is 523 g/mol. The van der Waals surface area contributed by atoms with Gasteiger partial charge in [0.05, 0.1) is 31.3 Å². The molecule has 0 saturated heterocycles. The number of aromatic nitrogens is 1. The van der Waals surface area contributed by atoms with Gasteiger partial charge < -0.3 is 9.47 Å². The highest BCUT2D eigenvalue weighted by Crippen LogP contribution is 2.38. The lowest BCUT2D eigenvalue weighted by molar-refractivity contribution is 0.174. The molecule has 32 heavy (non-hydrogen) atoms. The smallest absolute Gasteiger partial charge is 0.231 e. The van der Waals surface area contributed by atoms with E-state index in [1.165, 1.54) is 0 Å². The molecule has 3 aromatic carbocycles. The van der Waals surface area contributed by atoms with Gasteiger partial charge in [-0.1, -0.05) is 70.7 Å². The molecule has 0 unspecified atom stereocenters. The van der Waals surface area contributed by atoms with E-state index in [1.54, 1.807) is 18.2 Å². The van der Waals surface area contributed by atoms with E-state index in [4.69, 9.17) is 60.9 Å². The summed E-state index contributed by atoms with van der Waals surface area (Å²) in [6.45, 7) is 0.194. The molecule has 0 amide bonds. The molecular weight excluding hydrogens is 512 g/mol. The summed E-state index contributed by atoms with van der Waals surface area (Å²) < 4.78 is 11.1. The third-order valence-corrected chi connectivity index (χ3v) is 6.43. The number of fused-ring (bicyclic) bond motifs is 2. The van der Waals surface area contributed by atoms with Crippen LogP contribution in [0.15, 0.2) is 54.6 Å². The summed E-state index contributed by atoms with van der Waals surface area (Å²) in [5.74, 6) is 1.37. The Morgan fingerprint density at radius 3 is 2.12 bits per heavy atom. The first kappa shape index (κ1) is 23.0. The van der Waals surface area contributed by atoms with E-state index in [2.05, 4.69) is 0 Å². The van der Waals surface area contributed by atoms with Gasteiger partial charge in [0.2, 0.25) is 6.79 Å². The molecule has 1 aromatic heterocycles. The van der Waals surface area contributed by atoms with Crippen LogP contribution in [0.3, 0.4) is 0 Å². The lowest BCUT2D eigenvalue weighted by Gasteiger charge is -2.09. The maximum absolute atomic E-state index is 6.23. The van der Waals surface area contributed by atoms with E-state index in [1.807, 2.05) is 48.6 Å². The fourth-order valence-electron chi connectivity index (χ4n) is 3.39. The molecule has 5 rings (SSSR count). The summed E-state index contributed by atoms with van der Waals surface area (Å²) in [5.41, 5.74) is 4.28. The van der Waals surface area contributed by atoms with Crippen LogP contribution in [0.2, 0.25) is 20.1 Å². The first-order chi connectivity index (χ1) is 15.0. The highest BCUT2D eigenvalue weighted by molar-refractivity contribution is 6.42. The number of nitrogens with zero attached hydrogens (tertiary/aromatic N) is 1. The van der Waals surface area contributed by atoms with Gasteiger partial charge in [-0.2, -0.15) is 0 Å². The highest BCUT2D eigenvalue weighted by atomic mass is 35.5. The first-order valence-electron chi connectivity index (χ1n) is 9.31. The quantitative estimate of drug-likeness (QED) is 0.268. The summed E-state index contributed by atoms with van der Waals surface area (Å²) in [7, 11) is 0. The first-order valence-corrected chi connectivity index (χ1v) is 10.8. The Labute approximate surface area is 210 Å². The Hall–Kier alpha value is -2.14. The van der Waals surface area contributed by atoms with E-state index in [0.717, 1.165) is 33.3 Å². The van der Waals surface area contributed by atoms with Crippen molar-refractivity contribution in [1.82, 2.24) is 4.98 Å². The van der Waals surface area contributed by atoms with Gasteiger partial charge in [0.25, 0.3) is 0 Å². The number of ether oxygens (including phenoxy) is 2. The summed E-state index contributed by atoms with van der Waals surface area (Å²) >= 11 is 24.5. The molecule has 1 aliphatic rings. The molecule has 0 aliphatic carbocycles. The van der Waals surface area contributed by atoms with Crippen LogP contribution in [-0.2, 0) is 0 Å². The van der Waals surface area contributed by atoms with Crippen LogP contribution in [0.4, 0.5) is 0 Å². The van der Waals surface area contributed by atoms with Crippen molar-refractivity contribution in [3.8, 4) is 22.8 Å². The predicted octanol–water partition coefficient (Wildman–Crippen LogP) is 8.84. The molecule has 4 aromatic rings. The number of hydrogen-bond acceptors (Lipinski definition) is 3. The van der Waals surface area contributed by atoms with Crippen LogP contribution in [0.25, 0.3) is 34.3 Å². The van der Waals surface area contributed by atoms with E-state index >= 15 is 0 Å². The van der Waals surface area contributed by atoms with Gasteiger partial charge in [0, 0.05) is 17.0 Å². The van der Waals surface area contributed by atoms with Crippen molar-refractivity contribution in [3.05, 3.63) is 85.8 Å². The van der Waals surface area contributed by atoms with E-state index in [9.17, 15) is 0 Å². The van der Waals surface area contributed by atoms with Crippen molar-refractivity contribution in [1.29, 1.82) is 0 Å². The van der Waals surface area contributed by atoms with Crippen LogP contribution in [0, 0.1) is 0 Å². The number of halogens is 5. The van der Waals surface area contributed by atoms with Crippen LogP contribution in [0.1, 0.15) is 11.1 Å². The molecule has 0 saturated carbocycles. The van der Waals surface area contributed by atoms with Gasteiger partial charge in [-0.3, -0.25) is 0 Å². The average molecular weight is 526 g/mol. The zero-order chi connectivity index (χ0) is 21.5. The summed E-state index contributed by atoms with van der Waals surface area (Å²) in [6, 6.07) is 16.8. The van der Waals surface area contributed by atoms with Gasteiger partial charge >= 0.3 is 0 Å². The molecule has 0 radical (unpaired) electrons. The molecule has 0 bridgehead atoms. The largest absolute Gasteiger partial charge is 0.454 e. The molecule has 2 heterocycles. The lowest BCUT2D eigenvalue weighted by atomic mass is 10.0. The van der Waals surface area contributed by atoms with Crippen LogP contribution in [0.5, 0.6) is 11.5 Å². The Kier molecular flexibility index (Phi) is 6.75. The van der Waals surface area contributed by atoms with Crippen molar-refractivity contribution in [2.24, 2.45) is 0 Å². The van der Waals surface area contributed by atoms with Crippen molar-refractivity contribution in [3.63, 3.8) is 0 Å². The summed E-state index contributed by atoms with van der Waals surface area (Å²) in [5, 5.41) is 2.92. The highest BCUT2D eigenvalue weighted by Gasteiger charge is 2.17. The van der Waals surface area contributed by atoms with Crippen LogP contribution >= 0.6 is 58.8 Å². The fourth-order valence-corrected chi connectivity index (χ4v) is 3.99. The Bertz CT molecular complexity index is 1370. The third kappa shape index (κ3) is 4.50. The second-order valence-corrected chi connectivity index (χ2v) is 8.58. The Morgan fingerprint density at radius 2 is 1.41 bits per heavy atom. The molecule has 1 aliphatic heterocycles. The maximum Gasteiger partial charge on any atom is 0.231 e. The Balaban J connectivity index is 0.00000245. The lowest BCUT2D eigenvalue weighted by Crippen LogP contribution is -1.92. The second-order valence-electron chi connectivity index (χ2n) is 6.96. The fraction of sp³-hybridized carbons (Fsp3) is 0.0417. The standard InChI is InChI=1S/C24H13Cl4NO2.ClH/c25-17-5-2-13(7-19(17)27)1-3-14-9-21(15-4-6-18(26)20(28)8-15)29-22-11-24-23(10-16(14)22)30-12-31-24;/h1-11H,12H2;1H. The number of pyridine rings is 1. The van der Waals surface area contributed by atoms with E-state index < -0.39 is 0 Å². The molecule has 3 nitrogen and oxygen atoms in total. The minimum absolute atomic E-state index is 0. The van der Waals surface area contributed by atoms with Gasteiger partial charge in [0.1, 0.15) is 0 Å². The van der Waals surface area contributed by atoms with Gasteiger partial charge in [-0.25, -0.2) is 4.98 Å². The molecule has 0 spiro atoms. The molecule has 0 atom stereocenters. The van der Waals surface area contributed by atoms with E-state index in [0.29, 0.717) is 31.6 Å². The zero-order valence-electron chi connectivity index (χ0n) is 16.2. The average Bonchev–Trinajstić information content (AvgIpc) is 3.22. The minimum atomic E-state index is 0. The molecule has 0 fully saturated rings. The topological polar surface area (TPSA) is 31.4 Å². The Morgan fingerprint density at radius 1 is 0.719 bits per heavy atom. The van der Waals surface area contributed by atoms with Crippen molar-refractivity contribution in [2.45, 2.75) is 0 Å². The van der Waals surface area contributed by atoms with Crippen molar-refractivity contribution in [2.75, 3.05) is 6.79 Å². The minimum Gasteiger partial charge on any atom is -0.454 e. The summed E-state index contributed by atoms with van der Waals surface area (Å²) in [6.07, 6.45) is 3.98. The second kappa shape index (κ2) is 9.38. The molecular formula is C24H14Cl5NO2. The number of hydrogen-bond donors (Lipinski definition) is 0. The summed E-state index contributed by atoms with van der Waals surface area (Å²) in [4.78, 5) is 4.83. The SMILES string of the molecule is Cl.Clc1ccc(C=Cc2cc(-c3ccc(Cl)c(Cl)c3)nc3cc4c(cc23)OCO4)cc1Cl. The predicted molar refractivity (Wildman–Crippen MR) is 136 cm³/mol. The van der Waals surface area contributed by atoms with Gasteiger partial charge in [0.15, 0.2) is 11.5 Å². The van der Waals surface area contributed by atoms with E-state index in [-0.39, 0.29) is 19.2 Å². The maximum atomic E-state index is 6.23. The van der Waals surface area contributed by atoms with Crippen LogP contribution in [-0.4, -0.2) is 11.8 Å². The van der Waals surface area contributed by atoms with Crippen LogP contribution < -0.4 is 9.47 Å². The third-order valence-electron chi connectivity index (χ3n) is 4.95. The molecule has 8 heteroatoms. The van der Waals surface area contributed by atoms with Gasteiger partial charge in [-0.05, 0) is 47.5 Å². The number of benzene rings is 3. The molecule has 162 valence electrons. The normalized spacial score (nSPS) is 12.4. The number of rotatable bonds is 3. The zero-order valence-corrected chi connectivity index (χ0v) is 20.1.